The van der Waals surface area contributed by atoms with Crippen molar-refractivity contribution in [1.82, 2.24) is 0 Å². The van der Waals surface area contributed by atoms with Gasteiger partial charge in [-0.2, -0.15) is 0 Å². The van der Waals surface area contributed by atoms with Gasteiger partial charge in [0.1, 0.15) is 24.2 Å². The Morgan fingerprint density at radius 1 is 1.21 bits per heavy atom. The smallest absolute Gasteiger partial charge is 0.248 e. The van der Waals surface area contributed by atoms with Crippen LogP contribution in [0.15, 0.2) is 61.2 Å². The first-order chi connectivity index (χ1) is 13.3. The summed E-state index contributed by atoms with van der Waals surface area (Å²) in [5.41, 5.74) is 0.723. The lowest BCUT2D eigenvalue weighted by Gasteiger charge is -2.30. The zero-order chi connectivity index (χ0) is 20.7. The summed E-state index contributed by atoms with van der Waals surface area (Å²) in [6.45, 7) is 5.64. The molecule has 28 heavy (non-hydrogen) atoms. The molecule has 0 saturated heterocycles. The van der Waals surface area contributed by atoms with E-state index in [1.54, 1.807) is 37.3 Å². The Bertz CT molecular complexity index is 912. The molecule has 150 valence electrons. The standard InChI is InChI=1S/C20H23FN2O4S/c1-4-14-27-18-12-8-16(9-13-18)22-20(24)19(5-2)23(28(3,25)26)17-10-6-15(21)7-11-17/h4,6-13,19H,1,5,14H2,2-3H3,(H,22,24). The topological polar surface area (TPSA) is 75.7 Å². The number of benzene rings is 2. The lowest BCUT2D eigenvalue weighted by molar-refractivity contribution is -0.117. The van der Waals surface area contributed by atoms with Crippen LogP contribution >= 0.6 is 0 Å². The summed E-state index contributed by atoms with van der Waals surface area (Å²) in [7, 11) is -3.78. The van der Waals surface area contributed by atoms with Crippen LogP contribution in [0.3, 0.4) is 0 Å². The molecule has 1 unspecified atom stereocenters. The minimum Gasteiger partial charge on any atom is -0.490 e. The molecule has 1 N–H and O–H groups in total. The minimum atomic E-state index is -3.78. The summed E-state index contributed by atoms with van der Waals surface area (Å²) in [4.78, 5) is 12.8. The molecular formula is C20H23FN2O4S. The fraction of sp³-hybridized carbons (Fsp3) is 0.250. The van der Waals surface area contributed by atoms with E-state index in [1.165, 1.54) is 12.1 Å². The molecule has 0 aliphatic heterocycles. The Hall–Kier alpha value is -2.87. The van der Waals surface area contributed by atoms with Gasteiger partial charge in [-0.15, -0.1) is 0 Å². The lowest BCUT2D eigenvalue weighted by Crippen LogP contribution is -2.47. The van der Waals surface area contributed by atoms with Crippen LogP contribution < -0.4 is 14.4 Å². The van der Waals surface area contributed by atoms with Crippen molar-refractivity contribution in [2.24, 2.45) is 0 Å². The van der Waals surface area contributed by atoms with Crippen molar-refractivity contribution in [3.8, 4) is 5.75 Å². The van der Waals surface area contributed by atoms with Crippen LogP contribution in [0.25, 0.3) is 0 Å². The number of amides is 1. The van der Waals surface area contributed by atoms with Gasteiger partial charge in [-0.25, -0.2) is 12.8 Å². The van der Waals surface area contributed by atoms with E-state index in [2.05, 4.69) is 11.9 Å². The highest BCUT2D eigenvalue weighted by molar-refractivity contribution is 7.92. The average Bonchev–Trinajstić information content (AvgIpc) is 2.65. The summed E-state index contributed by atoms with van der Waals surface area (Å²) in [6.07, 6.45) is 2.87. The SMILES string of the molecule is C=CCOc1ccc(NC(=O)C(CC)N(c2ccc(F)cc2)S(C)(=O)=O)cc1. The minimum absolute atomic E-state index is 0.221. The molecule has 1 amide bonds. The molecular weight excluding hydrogens is 383 g/mol. The highest BCUT2D eigenvalue weighted by Gasteiger charge is 2.31. The van der Waals surface area contributed by atoms with E-state index in [4.69, 9.17) is 4.74 Å². The molecule has 2 aromatic rings. The molecule has 0 aromatic heterocycles. The van der Waals surface area contributed by atoms with E-state index in [9.17, 15) is 17.6 Å². The average molecular weight is 406 g/mol. The normalized spacial score (nSPS) is 12.1. The molecule has 0 radical (unpaired) electrons. The molecule has 0 aliphatic carbocycles. The zero-order valence-corrected chi connectivity index (χ0v) is 16.6. The van der Waals surface area contributed by atoms with E-state index in [-0.39, 0.29) is 12.1 Å². The first kappa shape index (κ1) is 21.4. The van der Waals surface area contributed by atoms with E-state index in [0.29, 0.717) is 18.0 Å². The second-order valence-electron chi connectivity index (χ2n) is 6.07. The predicted molar refractivity (Wildman–Crippen MR) is 109 cm³/mol. The van der Waals surface area contributed by atoms with Crippen molar-refractivity contribution >= 4 is 27.3 Å². The number of sulfonamides is 1. The Balaban J connectivity index is 2.24. The van der Waals surface area contributed by atoms with Gasteiger partial charge in [-0.1, -0.05) is 19.6 Å². The molecule has 2 aromatic carbocycles. The quantitative estimate of drug-likeness (QED) is 0.646. The molecule has 2 rings (SSSR count). The highest BCUT2D eigenvalue weighted by atomic mass is 32.2. The molecule has 8 heteroatoms. The van der Waals surface area contributed by atoms with Crippen LogP contribution in [-0.4, -0.2) is 33.2 Å². The summed E-state index contributed by atoms with van der Waals surface area (Å²) in [5.74, 6) is -0.362. The van der Waals surface area contributed by atoms with Gasteiger partial charge in [-0.3, -0.25) is 9.10 Å². The second-order valence-corrected chi connectivity index (χ2v) is 7.93. The van der Waals surface area contributed by atoms with Gasteiger partial charge in [0, 0.05) is 5.69 Å². The highest BCUT2D eigenvalue weighted by Crippen LogP contribution is 2.24. The second kappa shape index (κ2) is 9.36. The summed E-state index contributed by atoms with van der Waals surface area (Å²) < 4.78 is 44.3. The molecule has 0 saturated carbocycles. The van der Waals surface area contributed by atoms with Crippen molar-refractivity contribution in [3.05, 3.63) is 67.0 Å². The van der Waals surface area contributed by atoms with Crippen LogP contribution in [0, 0.1) is 5.82 Å². The monoisotopic (exact) mass is 406 g/mol. The third-order valence-electron chi connectivity index (χ3n) is 3.90. The largest absolute Gasteiger partial charge is 0.490 e. The van der Waals surface area contributed by atoms with Crippen molar-refractivity contribution in [2.45, 2.75) is 19.4 Å². The van der Waals surface area contributed by atoms with E-state index < -0.39 is 27.8 Å². The van der Waals surface area contributed by atoms with Crippen LogP contribution in [-0.2, 0) is 14.8 Å². The fourth-order valence-electron chi connectivity index (χ4n) is 2.66. The van der Waals surface area contributed by atoms with Crippen molar-refractivity contribution < 1.29 is 22.3 Å². The van der Waals surface area contributed by atoms with Crippen LogP contribution in [0.1, 0.15) is 13.3 Å². The molecule has 0 aliphatic rings. The first-order valence-corrected chi connectivity index (χ1v) is 10.5. The number of hydrogen-bond donors (Lipinski definition) is 1. The first-order valence-electron chi connectivity index (χ1n) is 8.66. The van der Waals surface area contributed by atoms with Gasteiger partial charge in [0.2, 0.25) is 15.9 Å². The van der Waals surface area contributed by atoms with E-state index in [0.717, 1.165) is 22.7 Å². The van der Waals surface area contributed by atoms with Crippen LogP contribution in [0.2, 0.25) is 0 Å². The van der Waals surface area contributed by atoms with Gasteiger partial charge in [0.05, 0.1) is 11.9 Å². The van der Waals surface area contributed by atoms with Crippen LogP contribution in [0.5, 0.6) is 5.75 Å². The molecule has 1 atom stereocenters. The Labute approximate surface area is 164 Å². The molecule has 0 heterocycles. The van der Waals surface area contributed by atoms with E-state index >= 15 is 0 Å². The molecule has 0 bridgehead atoms. The summed E-state index contributed by atoms with van der Waals surface area (Å²) >= 11 is 0. The number of ether oxygens (including phenoxy) is 1. The Kier molecular flexibility index (Phi) is 7.17. The lowest BCUT2D eigenvalue weighted by atomic mass is 10.1. The zero-order valence-electron chi connectivity index (χ0n) is 15.8. The maximum atomic E-state index is 13.2. The van der Waals surface area contributed by atoms with Gasteiger partial charge >= 0.3 is 0 Å². The Morgan fingerprint density at radius 2 is 1.82 bits per heavy atom. The Morgan fingerprint density at radius 3 is 2.32 bits per heavy atom. The van der Waals surface area contributed by atoms with Gasteiger partial charge in [-0.05, 0) is 55.0 Å². The molecule has 6 nitrogen and oxygen atoms in total. The summed E-state index contributed by atoms with van der Waals surface area (Å²) in [6, 6.07) is 10.7. The number of anilines is 2. The number of rotatable bonds is 9. The van der Waals surface area contributed by atoms with Gasteiger partial charge in [0.25, 0.3) is 0 Å². The number of nitrogens with zero attached hydrogens (tertiary/aromatic N) is 1. The van der Waals surface area contributed by atoms with Gasteiger partial charge in [0.15, 0.2) is 0 Å². The predicted octanol–water partition coefficient (Wildman–Crippen LogP) is 3.57. The van der Waals surface area contributed by atoms with Gasteiger partial charge < -0.3 is 10.1 Å². The third-order valence-corrected chi connectivity index (χ3v) is 5.08. The van der Waals surface area contributed by atoms with Crippen molar-refractivity contribution in [2.75, 3.05) is 22.5 Å². The maximum Gasteiger partial charge on any atom is 0.248 e. The van der Waals surface area contributed by atoms with Crippen molar-refractivity contribution in [1.29, 1.82) is 0 Å². The number of carbonyl (C=O) groups is 1. The molecule has 0 fully saturated rings. The van der Waals surface area contributed by atoms with Crippen LogP contribution in [0.4, 0.5) is 15.8 Å². The fourth-order valence-corrected chi connectivity index (χ4v) is 3.88. The number of nitrogens with one attached hydrogen (secondary N) is 1. The van der Waals surface area contributed by atoms with E-state index in [1.807, 2.05) is 0 Å². The third kappa shape index (κ3) is 5.56. The number of halogens is 1. The van der Waals surface area contributed by atoms with Crippen molar-refractivity contribution in [3.63, 3.8) is 0 Å². The summed E-state index contributed by atoms with van der Waals surface area (Å²) in [5, 5.41) is 2.72. The maximum absolute atomic E-state index is 13.2. The number of carbonyl (C=O) groups excluding carboxylic acids is 1. The molecule has 0 spiro atoms. The number of hydrogen-bond acceptors (Lipinski definition) is 4.